The number of ether oxygens (including phenoxy) is 1. The van der Waals surface area contributed by atoms with Gasteiger partial charge in [-0.25, -0.2) is 17.9 Å². The number of sulfonamides is 1. The van der Waals surface area contributed by atoms with Gasteiger partial charge in [-0.3, -0.25) is 4.79 Å². The first kappa shape index (κ1) is 20.8. The van der Waals surface area contributed by atoms with Gasteiger partial charge >= 0.3 is 5.97 Å². The lowest BCUT2D eigenvalue weighted by molar-refractivity contribution is 0.0474. The molecule has 0 amide bonds. The summed E-state index contributed by atoms with van der Waals surface area (Å²) in [7, 11) is -2.38. The van der Waals surface area contributed by atoms with E-state index in [0.717, 1.165) is 17.5 Å². The quantitative estimate of drug-likeness (QED) is 0.554. The summed E-state index contributed by atoms with van der Waals surface area (Å²) in [5, 5.41) is 0. The van der Waals surface area contributed by atoms with Crippen LogP contribution < -0.4 is 4.72 Å². The highest BCUT2D eigenvalue weighted by Gasteiger charge is 2.17. The van der Waals surface area contributed by atoms with Gasteiger partial charge in [-0.15, -0.1) is 0 Å². The third-order valence-corrected chi connectivity index (χ3v) is 5.66. The Morgan fingerprint density at radius 1 is 1.04 bits per heavy atom. The highest BCUT2D eigenvalue weighted by atomic mass is 32.2. The van der Waals surface area contributed by atoms with Crippen LogP contribution >= 0.6 is 0 Å². The number of benzene rings is 2. The Morgan fingerprint density at radius 2 is 1.78 bits per heavy atom. The number of hydrogen-bond acceptors (Lipinski definition) is 5. The van der Waals surface area contributed by atoms with Gasteiger partial charge in [0.1, 0.15) is 0 Å². The molecule has 0 aliphatic carbocycles. The van der Waals surface area contributed by atoms with Crippen molar-refractivity contribution in [2.45, 2.75) is 31.6 Å². The fraction of sp³-hybridized carbons (Fsp3) is 0.300. The number of carbonyl (C=O) groups excluding carboxylic acids is 2. The van der Waals surface area contributed by atoms with E-state index in [-0.39, 0.29) is 16.2 Å². The normalized spacial score (nSPS) is 11.2. The summed E-state index contributed by atoms with van der Waals surface area (Å²) in [6.07, 6.45) is 1.50. The van der Waals surface area contributed by atoms with Crippen molar-refractivity contribution in [3.05, 3.63) is 64.7 Å². The topological polar surface area (TPSA) is 89.5 Å². The van der Waals surface area contributed by atoms with Gasteiger partial charge in [-0.1, -0.05) is 32.0 Å². The van der Waals surface area contributed by atoms with Gasteiger partial charge in [0.25, 0.3) is 0 Å². The lowest BCUT2D eigenvalue weighted by atomic mass is 9.98. The lowest BCUT2D eigenvalue weighted by Crippen LogP contribution is -2.19. The summed E-state index contributed by atoms with van der Waals surface area (Å²) in [5.74, 6) is -1.03. The minimum atomic E-state index is -3.67. The summed E-state index contributed by atoms with van der Waals surface area (Å²) in [6, 6.07) is 11.2. The van der Waals surface area contributed by atoms with Crippen molar-refractivity contribution < 1.29 is 22.7 Å². The number of esters is 1. The third kappa shape index (κ3) is 5.02. The molecule has 0 aromatic heterocycles. The van der Waals surface area contributed by atoms with Crippen molar-refractivity contribution in [1.29, 1.82) is 0 Å². The van der Waals surface area contributed by atoms with E-state index in [4.69, 9.17) is 4.74 Å². The number of carbonyl (C=O) groups is 2. The first-order valence-electron chi connectivity index (χ1n) is 8.68. The van der Waals surface area contributed by atoms with Crippen LogP contribution in [0.25, 0.3) is 0 Å². The van der Waals surface area contributed by atoms with Crippen molar-refractivity contribution in [3.8, 4) is 0 Å². The second-order valence-electron chi connectivity index (χ2n) is 5.93. The zero-order valence-corrected chi connectivity index (χ0v) is 16.4. The Hall–Kier alpha value is -2.51. The number of ketones is 1. The maximum absolute atomic E-state index is 12.5. The van der Waals surface area contributed by atoms with Gasteiger partial charge < -0.3 is 4.74 Å². The van der Waals surface area contributed by atoms with Crippen molar-refractivity contribution in [2.75, 3.05) is 13.7 Å². The fourth-order valence-electron chi connectivity index (χ4n) is 2.61. The minimum absolute atomic E-state index is 0.0466. The molecule has 0 radical (unpaired) electrons. The second kappa shape index (κ2) is 8.92. The lowest BCUT2D eigenvalue weighted by Gasteiger charge is -2.10. The molecule has 0 atom stereocenters. The first-order chi connectivity index (χ1) is 12.8. The molecule has 1 N–H and O–H groups in total. The molecule has 2 rings (SSSR count). The van der Waals surface area contributed by atoms with Crippen LogP contribution in [0, 0.1) is 0 Å². The first-order valence-corrected chi connectivity index (χ1v) is 10.2. The third-order valence-electron chi connectivity index (χ3n) is 4.25. The van der Waals surface area contributed by atoms with Gasteiger partial charge in [-0.2, -0.15) is 0 Å². The number of aryl methyl sites for hydroxylation is 2. The number of Topliss-reactive ketones (excluding diaryl/α,β-unsaturated/α-hetero) is 1. The Bertz CT molecular complexity index is 951. The molecule has 2 aromatic carbocycles. The van der Waals surface area contributed by atoms with Gasteiger partial charge in [-0.05, 0) is 55.3 Å². The zero-order chi connectivity index (χ0) is 20.0. The molecular formula is C20H23NO5S. The maximum atomic E-state index is 12.5. The highest BCUT2D eigenvalue weighted by molar-refractivity contribution is 7.89. The van der Waals surface area contributed by atoms with E-state index >= 15 is 0 Å². The standard InChI is InChI=1S/C20H23NO5S/c1-4-14-9-10-15(5-2)18(11-14)19(22)13-26-20(23)16-7-6-8-17(12-16)27(24,25)21-3/h6-12,21H,4-5,13H2,1-3H3. The van der Waals surface area contributed by atoms with E-state index in [2.05, 4.69) is 4.72 Å². The van der Waals surface area contributed by atoms with Crippen LogP contribution in [0.2, 0.25) is 0 Å². The number of hydrogen-bond donors (Lipinski definition) is 1. The predicted molar refractivity (Wildman–Crippen MR) is 102 cm³/mol. The molecule has 6 nitrogen and oxygen atoms in total. The van der Waals surface area contributed by atoms with E-state index in [1.165, 1.54) is 31.3 Å². The molecule has 0 bridgehead atoms. The molecule has 0 saturated carbocycles. The average Bonchev–Trinajstić information content (AvgIpc) is 2.71. The van der Waals surface area contributed by atoms with Crippen molar-refractivity contribution in [3.63, 3.8) is 0 Å². The second-order valence-corrected chi connectivity index (χ2v) is 7.82. The molecule has 27 heavy (non-hydrogen) atoms. The van der Waals surface area contributed by atoms with Gasteiger partial charge in [0.2, 0.25) is 15.8 Å². The maximum Gasteiger partial charge on any atom is 0.338 e. The molecule has 0 aliphatic rings. The Labute approximate surface area is 159 Å². The SMILES string of the molecule is CCc1ccc(CC)c(C(=O)COC(=O)c2cccc(S(=O)(=O)NC)c2)c1. The van der Waals surface area contributed by atoms with E-state index in [9.17, 15) is 18.0 Å². The molecular weight excluding hydrogens is 366 g/mol. The van der Waals surface area contributed by atoms with Crippen LogP contribution in [0.3, 0.4) is 0 Å². The average molecular weight is 389 g/mol. The molecule has 2 aromatic rings. The largest absolute Gasteiger partial charge is 0.454 e. The van der Waals surface area contributed by atoms with Crippen LogP contribution in [0.1, 0.15) is 45.7 Å². The summed E-state index contributed by atoms with van der Waals surface area (Å²) in [5.41, 5.74) is 2.55. The van der Waals surface area contributed by atoms with E-state index < -0.39 is 22.6 Å². The van der Waals surface area contributed by atoms with Crippen molar-refractivity contribution >= 4 is 21.8 Å². The summed E-state index contributed by atoms with van der Waals surface area (Å²) >= 11 is 0. The molecule has 0 fully saturated rings. The summed E-state index contributed by atoms with van der Waals surface area (Å²) < 4.78 is 31.0. The molecule has 0 heterocycles. The number of rotatable bonds is 8. The van der Waals surface area contributed by atoms with E-state index in [1.54, 1.807) is 0 Å². The Balaban J connectivity index is 2.14. The van der Waals surface area contributed by atoms with Crippen LogP contribution in [0.15, 0.2) is 47.4 Å². The van der Waals surface area contributed by atoms with E-state index in [0.29, 0.717) is 12.0 Å². The van der Waals surface area contributed by atoms with E-state index in [1.807, 2.05) is 32.0 Å². The van der Waals surface area contributed by atoms with Gasteiger partial charge in [0.05, 0.1) is 10.5 Å². The molecule has 0 unspecified atom stereocenters. The van der Waals surface area contributed by atoms with Crippen LogP contribution in [-0.4, -0.2) is 33.8 Å². The Morgan fingerprint density at radius 3 is 2.41 bits per heavy atom. The smallest absolute Gasteiger partial charge is 0.338 e. The van der Waals surface area contributed by atoms with Crippen molar-refractivity contribution in [2.24, 2.45) is 0 Å². The Kier molecular flexibility index (Phi) is 6.87. The zero-order valence-electron chi connectivity index (χ0n) is 15.6. The number of nitrogens with one attached hydrogen (secondary N) is 1. The highest BCUT2D eigenvalue weighted by Crippen LogP contribution is 2.16. The van der Waals surface area contributed by atoms with Crippen LogP contribution in [-0.2, 0) is 27.6 Å². The molecule has 0 aliphatic heterocycles. The minimum Gasteiger partial charge on any atom is -0.454 e. The molecule has 0 spiro atoms. The van der Waals surface area contributed by atoms with Crippen LogP contribution in [0.5, 0.6) is 0 Å². The van der Waals surface area contributed by atoms with Gasteiger partial charge in [0.15, 0.2) is 6.61 Å². The van der Waals surface area contributed by atoms with Crippen molar-refractivity contribution in [1.82, 2.24) is 4.72 Å². The summed E-state index contributed by atoms with van der Waals surface area (Å²) in [6.45, 7) is 3.56. The summed E-state index contributed by atoms with van der Waals surface area (Å²) in [4.78, 5) is 24.7. The molecule has 0 saturated heterocycles. The van der Waals surface area contributed by atoms with Gasteiger partial charge in [0, 0.05) is 5.56 Å². The predicted octanol–water partition coefficient (Wildman–Crippen LogP) is 2.76. The molecule has 144 valence electrons. The van der Waals surface area contributed by atoms with Crippen LogP contribution in [0.4, 0.5) is 0 Å². The fourth-order valence-corrected chi connectivity index (χ4v) is 3.39. The monoisotopic (exact) mass is 389 g/mol. The molecule has 7 heteroatoms.